The molecule has 0 radical (unpaired) electrons. The lowest BCUT2D eigenvalue weighted by molar-refractivity contribution is -0.138. The minimum Gasteiger partial charge on any atom is -0.480 e. The van der Waals surface area contributed by atoms with Crippen LogP contribution in [0.15, 0.2) is 24.3 Å². The lowest BCUT2D eigenvalue weighted by Crippen LogP contribution is -2.32. The second kappa shape index (κ2) is 5.76. The largest absolute Gasteiger partial charge is 0.480 e. The van der Waals surface area contributed by atoms with Crippen LogP contribution in [-0.4, -0.2) is 29.3 Å². The molecular weight excluding hydrogens is 224 g/mol. The van der Waals surface area contributed by atoms with Crippen LogP contribution in [0.3, 0.4) is 0 Å². The maximum absolute atomic E-state index is 11.8. The van der Waals surface area contributed by atoms with Crippen LogP contribution in [0.1, 0.15) is 16.8 Å². The van der Waals surface area contributed by atoms with Gasteiger partial charge in [0.2, 0.25) is 6.41 Å². The van der Waals surface area contributed by atoms with Crippen molar-refractivity contribution in [3.63, 3.8) is 0 Å². The number of amides is 1. The van der Waals surface area contributed by atoms with Crippen LogP contribution in [-0.2, 0) is 9.59 Å². The van der Waals surface area contributed by atoms with Crippen LogP contribution in [0, 0.1) is 0 Å². The number of nitrogens with one attached hydrogen (secondary N) is 1. The van der Waals surface area contributed by atoms with E-state index >= 15 is 0 Å². The predicted octanol–water partition coefficient (Wildman–Crippen LogP) is 0.240. The van der Waals surface area contributed by atoms with E-state index in [-0.39, 0.29) is 12.0 Å². The Hall–Kier alpha value is -2.21. The zero-order valence-electron chi connectivity index (χ0n) is 8.92. The Morgan fingerprint density at radius 1 is 1.41 bits per heavy atom. The monoisotopic (exact) mass is 236 g/mol. The molecule has 0 aliphatic heterocycles. The standard InChI is InChI=1S/C11H12N2O4/c12-8(11(16)17)5-10(15)7-3-1-2-4-9(7)13-6-14/h1-4,6,8H,5,12H2,(H,13,14)(H,16,17)/t8-/m0/s1. The number of carbonyl (C=O) groups excluding carboxylic acids is 2. The summed E-state index contributed by atoms with van der Waals surface area (Å²) in [4.78, 5) is 32.6. The van der Waals surface area contributed by atoms with Crippen LogP contribution in [0.2, 0.25) is 0 Å². The number of ketones is 1. The first kappa shape index (κ1) is 12.9. The predicted molar refractivity (Wildman–Crippen MR) is 60.7 cm³/mol. The molecule has 90 valence electrons. The van der Waals surface area contributed by atoms with Crippen molar-refractivity contribution >= 4 is 23.9 Å². The number of hydrogen-bond acceptors (Lipinski definition) is 4. The van der Waals surface area contributed by atoms with E-state index in [1.807, 2.05) is 0 Å². The number of benzene rings is 1. The summed E-state index contributed by atoms with van der Waals surface area (Å²) in [7, 11) is 0. The van der Waals surface area contributed by atoms with Crippen LogP contribution in [0.4, 0.5) is 5.69 Å². The molecule has 1 amide bonds. The number of hydrogen-bond donors (Lipinski definition) is 3. The topological polar surface area (TPSA) is 109 Å². The van der Waals surface area contributed by atoms with Gasteiger partial charge in [0.05, 0.1) is 5.69 Å². The van der Waals surface area contributed by atoms with E-state index in [0.717, 1.165) is 0 Å². The molecule has 1 aromatic rings. The highest BCUT2D eigenvalue weighted by molar-refractivity contribution is 6.04. The van der Waals surface area contributed by atoms with Crippen LogP contribution in [0.5, 0.6) is 0 Å². The Balaban J connectivity index is 2.88. The van der Waals surface area contributed by atoms with Gasteiger partial charge >= 0.3 is 5.97 Å². The Bertz CT molecular complexity index is 445. The van der Waals surface area contributed by atoms with Crippen LogP contribution < -0.4 is 11.1 Å². The average molecular weight is 236 g/mol. The van der Waals surface area contributed by atoms with E-state index in [4.69, 9.17) is 10.8 Å². The van der Waals surface area contributed by atoms with Crippen molar-refractivity contribution in [2.75, 3.05) is 5.32 Å². The summed E-state index contributed by atoms with van der Waals surface area (Å²) in [5.74, 6) is -1.66. The zero-order chi connectivity index (χ0) is 12.8. The molecule has 17 heavy (non-hydrogen) atoms. The lowest BCUT2D eigenvalue weighted by atomic mass is 10.0. The SMILES string of the molecule is N[C@@H](CC(=O)c1ccccc1NC=O)C(=O)O. The molecule has 4 N–H and O–H groups in total. The quantitative estimate of drug-likeness (QED) is 0.484. The van der Waals surface area contributed by atoms with Gasteiger partial charge in [0, 0.05) is 12.0 Å². The summed E-state index contributed by atoms with van der Waals surface area (Å²) in [5.41, 5.74) is 5.85. The molecule has 0 fully saturated rings. The van der Waals surface area contributed by atoms with E-state index in [9.17, 15) is 14.4 Å². The van der Waals surface area contributed by atoms with Crippen molar-refractivity contribution in [2.45, 2.75) is 12.5 Å². The Labute approximate surface area is 97.4 Å². The maximum atomic E-state index is 11.8. The van der Waals surface area contributed by atoms with Crippen LogP contribution in [0.25, 0.3) is 0 Å². The van der Waals surface area contributed by atoms with E-state index in [1.165, 1.54) is 6.07 Å². The molecule has 6 heteroatoms. The number of aliphatic carboxylic acids is 1. The first-order valence-electron chi connectivity index (χ1n) is 4.87. The minimum atomic E-state index is -1.24. The molecule has 0 aliphatic carbocycles. The number of carboxylic acid groups (broad SMARTS) is 1. The first-order chi connectivity index (χ1) is 8.06. The van der Waals surface area contributed by atoms with E-state index in [0.29, 0.717) is 12.1 Å². The zero-order valence-corrected chi connectivity index (χ0v) is 8.92. The molecule has 6 nitrogen and oxygen atoms in total. The molecule has 0 aliphatic rings. The van der Waals surface area contributed by atoms with Gasteiger partial charge in [-0.25, -0.2) is 0 Å². The third-order valence-corrected chi connectivity index (χ3v) is 2.16. The van der Waals surface area contributed by atoms with Gasteiger partial charge in [-0.05, 0) is 12.1 Å². The lowest BCUT2D eigenvalue weighted by Gasteiger charge is -2.09. The number of para-hydroxylation sites is 1. The minimum absolute atomic E-state index is 0.247. The van der Waals surface area contributed by atoms with Crippen molar-refractivity contribution < 1.29 is 19.5 Å². The average Bonchev–Trinajstić information content (AvgIpc) is 2.29. The highest BCUT2D eigenvalue weighted by atomic mass is 16.4. The van der Waals surface area contributed by atoms with Gasteiger partial charge in [-0.3, -0.25) is 14.4 Å². The number of carbonyl (C=O) groups is 3. The third-order valence-electron chi connectivity index (χ3n) is 2.16. The van der Waals surface area contributed by atoms with Gasteiger partial charge < -0.3 is 16.2 Å². The van der Waals surface area contributed by atoms with Crippen molar-refractivity contribution in [2.24, 2.45) is 5.73 Å². The van der Waals surface area contributed by atoms with E-state index in [1.54, 1.807) is 18.2 Å². The third kappa shape index (κ3) is 3.39. The molecule has 0 aromatic heterocycles. The van der Waals surface area contributed by atoms with Gasteiger partial charge in [-0.15, -0.1) is 0 Å². The fourth-order valence-electron chi connectivity index (χ4n) is 1.31. The summed E-state index contributed by atoms with van der Waals surface area (Å²) >= 11 is 0. The summed E-state index contributed by atoms with van der Waals surface area (Å²) in [6, 6.07) is 5.08. The number of anilines is 1. The molecular formula is C11H12N2O4. The van der Waals surface area contributed by atoms with Gasteiger partial charge in [0.1, 0.15) is 6.04 Å². The maximum Gasteiger partial charge on any atom is 0.320 e. The highest BCUT2D eigenvalue weighted by Gasteiger charge is 2.19. The first-order valence-corrected chi connectivity index (χ1v) is 4.87. The fraction of sp³-hybridized carbons (Fsp3) is 0.182. The molecule has 0 saturated carbocycles. The molecule has 0 unspecified atom stereocenters. The van der Waals surface area contributed by atoms with Crippen molar-refractivity contribution in [1.29, 1.82) is 0 Å². The van der Waals surface area contributed by atoms with Gasteiger partial charge in [-0.1, -0.05) is 12.1 Å². The van der Waals surface area contributed by atoms with Gasteiger partial charge in [-0.2, -0.15) is 0 Å². The van der Waals surface area contributed by atoms with Crippen molar-refractivity contribution in [1.82, 2.24) is 0 Å². The second-order valence-corrected chi connectivity index (χ2v) is 3.38. The molecule has 1 rings (SSSR count). The van der Waals surface area contributed by atoms with E-state index in [2.05, 4.69) is 5.32 Å². The molecule has 1 aromatic carbocycles. The summed E-state index contributed by atoms with van der Waals surface area (Å²) < 4.78 is 0. The number of nitrogens with two attached hydrogens (primary N) is 1. The Kier molecular flexibility index (Phi) is 4.36. The normalized spacial score (nSPS) is 11.6. The Morgan fingerprint density at radius 2 is 2.06 bits per heavy atom. The molecule has 0 heterocycles. The second-order valence-electron chi connectivity index (χ2n) is 3.38. The summed E-state index contributed by atoms with van der Waals surface area (Å²) in [6.07, 6.45) is 0.135. The Morgan fingerprint density at radius 3 is 2.65 bits per heavy atom. The molecule has 0 bridgehead atoms. The fourth-order valence-corrected chi connectivity index (χ4v) is 1.31. The van der Waals surface area contributed by atoms with Crippen molar-refractivity contribution in [3.8, 4) is 0 Å². The van der Waals surface area contributed by atoms with Gasteiger partial charge in [0.15, 0.2) is 5.78 Å². The summed E-state index contributed by atoms with van der Waals surface area (Å²) in [5, 5.41) is 11.0. The van der Waals surface area contributed by atoms with Crippen molar-refractivity contribution in [3.05, 3.63) is 29.8 Å². The highest BCUT2D eigenvalue weighted by Crippen LogP contribution is 2.16. The van der Waals surface area contributed by atoms with Gasteiger partial charge in [0.25, 0.3) is 0 Å². The number of rotatable bonds is 6. The van der Waals surface area contributed by atoms with Crippen LogP contribution >= 0.6 is 0 Å². The number of Topliss-reactive ketones (excluding diaryl/α,β-unsaturated/α-hetero) is 1. The number of carboxylic acids is 1. The molecule has 0 saturated heterocycles. The smallest absolute Gasteiger partial charge is 0.320 e. The van der Waals surface area contributed by atoms with E-state index < -0.39 is 17.8 Å². The summed E-state index contributed by atoms with van der Waals surface area (Å²) in [6.45, 7) is 0. The molecule has 1 atom stereocenters. The molecule has 0 spiro atoms.